The molecular formula is C24H26O8. The molecule has 0 amide bonds. The first-order chi connectivity index (χ1) is 15.6. The molecule has 0 saturated carbocycles. The third-order valence-electron chi connectivity index (χ3n) is 5.20. The van der Waals surface area contributed by atoms with Gasteiger partial charge in [-0.1, -0.05) is 24.3 Å². The first-order valence-corrected chi connectivity index (χ1v) is 10.7. The molecule has 2 fully saturated rings. The summed E-state index contributed by atoms with van der Waals surface area (Å²) in [6.07, 6.45) is 2.20. The van der Waals surface area contributed by atoms with E-state index in [2.05, 4.69) is 24.3 Å². The smallest absolute Gasteiger partial charge is 0.490 e. The van der Waals surface area contributed by atoms with E-state index in [0.717, 1.165) is 37.2 Å². The number of carbonyl (C=O) groups excluding carboxylic acids is 2. The highest BCUT2D eigenvalue weighted by atomic mass is 16.8. The molecule has 2 aromatic carbocycles. The lowest BCUT2D eigenvalue weighted by molar-refractivity contribution is 0.0977. The Hall–Kier alpha value is -3.42. The van der Waals surface area contributed by atoms with Gasteiger partial charge in [-0.15, -0.1) is 0 Å². The lowest BCUT2D eigenvalue weighted by atomic mass is 10.0. The fraction of sp³-hybridized carbons (Fsp3) is 0.417. The summed E-state index contributed by atoms with van der Waals surface area (Å²) in [5, 5.41) is 0. The van der Waals surface area contributed by atoms with Gasteiger partial charge in [0.15, 0.2) is 12.2 Å². The molecule has 2 aliphatic rings. The van der Waals surface area contributed by atoms with E-state index >= 15 is 0 Å². The molecule has 2 aliphatic heterocycles. The van der Waals surface area contributed by atoms with Crippen LogP contribution in [0.5, 0.6) is 11.5 Å². The first-order valence-electron chi connectivity index (χ1n) is 10.7. The van der Waals surface area contributed by atoms with E-state index in [1.165, 1.54) is 11.1 Å². The molecule has 2 unspecified atom stereocenters. The van der Waals surface area contributed by atoms with Crippen LogP contribution < -0.4 is 9.47 Å². The summed E-state index contributed by atoms with van der Waals surface area (Å²) >= 11 is 0. The van der Waals surface area contributed by atoms with Crippen LogP contribution in [0.1, 0.15) is 24.0 Å². The molecule has 0 spiro atoms. The van der Waals surface area contributed by atoms with Crippen LogP contribution in [0.25, 0.3) is 0 Å². The zero-order chi connectivity index (χ0) is 22.2. The van der Waals surface area contributed by atoms with Gasteiger partial charge >= 0.3 is 12.3 Å². The quantitative estimate of drug-likeness (QED) is 0.380. The highest BCUT2D eigenvalue weighted by Gasteiger charge is 2.26. The maximum Gasteiger partial charge on any atom is 0.508 e. The zero-order valence-electron chi connectivity index (χ0n) is 17.7. The second-order valence-electron chi connectivity index (χ2n) is 7.72. The summed E-state index contributed by atoms with van der Waals surface area (Å²) in [6, 6.07) is 16.0. The molecule has 2 atom stereocenters. The monoisotopic (exact) mass is 442 g/mol. The van der Waals surface area contributed by atoms with Crippen molar-refractivity contribution >= 4 is 12.3 Å². The van der Waals surface area contributed by atoms with E-state index in [-0.39, 0.29) is 38.6 Å². The van der Waals surface area contributed by atoms with Gasteiger partial charge in [0.2, 0.25) is 0 Å². The number of hydrogen-bond acceptors (Lipinski definition) is 8. The van der Waals surface area contributed by atoms with Gasteiger partial charge in [-0.05, 0) is 61.1 Å². The SMILES string of the molecule is O=C1OCC(COc2ccc(CCCCc3ccc(OCC4COC(=O)O4)cc3)cc2)O1. The van der Waals surface area contributed by atoms with E-state index in [9.17, 15) is 9.59 Å². The maximum atomic E-state index is 10.9. The standard InChI is InChI=1S/C24H26O8/c25-23-29-15-21(31-23)13-27-19-9-5-17(6-10-19)3-1-2-4-18-7-11-20(12-8-18)28-14-22-16-30-24(26)32-22/h5-12,21-22H,1-4,13-16H2. The van der Waals surface area contributed by atoms with E-state index in [4.69, 9.17) is 28.4 Å². The Morgan fingerprint density at radius 1 is 0.656 bits per heavy atom. The van der Waals surface area contributed by atoms with Crippen molar-refractivity contribution in [1.29, 1.82) is 0 Å². The second-order valence-corrected chi connectivity index (χ2v) is 7.72. The van der Waals surface area contributed by atoms with E-state index in [1.54, 1.807) is 0 Å². The minimum atomic E-state index is -0.637. The molecule has 0 bridgehead atoms. The first kappa shape index (κ1) is 21.8. The van der Waals surface area contributed by atoms with Gasteiger partial charge in [0.25, 0.3) is 0 Å². The number of hydrogen-bond donors (Lipinski definition) is 0. The van der Waals surface area contributed by atoms with Gasteiger partial charge in [0.1, 0.15) is 37.9 Å². The van der Waals surface area contributed by atoms with Crippen LogP contribution in [0, 0.1) is 0 Å². The van der Waals surface area contributed by atoms with Crippen LogP contribution in [0.4, 0.5) is 9.59 Å². The molecule has 2 saturated heterocycles. The van der Waals surface area contributed by atoms with Gasteiger partial charge in [-0.25, -0.2) is 9.59 Å². The second kappa shape index (κ2) is 10.7. The van der Waals surface area contributed by atoms with Crippen molar-refractivity contribution in [3.63, 3.8) is 0 Å². The number of rotatable bonds is 11. The number of cyclic esters (lactones) is 4. The number of aryl methyl sites for hydroxylation is 2. The fourth-order valence-electron chi connectivity index (χ4n) is 3.44. The molecule has 0 N–H and O–H groups in total. The summed E-state index contributed by atoms with van der Waals surface area (Å²) in [5.74, 6) is 1.50. The average Bonchev–Trinajstić information content (AvgIpc) is 3.43. The van der Waals surface area contributed by atoms with Crippen LogP contribution >= 0.6 is 0 Å². The Labute approximate surface area is 186 Å². The molecule has 8 heteroatoms. The molecular weight excluding hydrogens is 416 g/mol. The molecule has 0 aliphatic carbocycles. The highest BCUT2D eigenvalue weighted by molar-refractivity contribution is 5.62. The lowest BCUT2D eigenvalue weighted by Gasteiger charge is -2.10. The Balaban J connectivity index is 1.10. The number of unbranched alkanes of at least 4 members (excludes halogenated alkanes) is 1. The number of ether oxygens (including phenoxy) is 6. The van der Waals surface area contributed by atoms with Crippen molar-refractivity contribution in [1.82, 2.24) is 0 Å². The van der Waals surface area contributed by atoms with Crippen molar-refractivity contribution in [2.24, 2.45) is 0 Å². The minimum Gasteiger partial charge on any atom is -0.490 e. The molecule has 32 heavy (non-hydrogen) atoms. The molecule has 2 heterocycles. The molecule has 8 nitrogen and oxygen atoms in total. The van der Waals surface area contributed by atoms with Gasteiger partial charge in [0.05, 0.1) is 0 Å². The van der Waals surface area contributed by atoms with Gasteiger partial charge < -0.3 is 28.4 Å². The van der Waals surface area contributed by atoms with Crippen LogP contribution in [0.3, 0.4) is 0 Å². The Bertz CT molecular complexity index is 818. The van der Waals surface area contributed by atoms with Gasteiger partial charge in [-0.2, -0.15) is 0 Å². The lowest BCUT2D eigenvalue weighted by Crippen LogP contribution is -2.19. The largest absolute Gasteiger partial charge is 0.508 e. The van der Waals surface area contributed by atoms with Crippen molar-refractivity contribution in [3.8, 4) is 11.5 Å². The van der Waals surface area contributed by atoms with E-state index < -0.39 is 12.3 Å². The summed E-state index contributed by atoms with van der Waals surface area (Å²) in [4.78, 5) is 21.8. The molecule has 0 aromatic heterocycles. The predicted molar refractivity (Wildman–Crippen MR) is 113 cm³/mol. The molecule has 170 valence electrons. The fourth-order valence-corrected chi connectivity index (χ4v) is 3.44. The maximum absolute atomic E-state index is 10.9. The summed E-state index contributed by atoms with van der Waals surface area (Å²) < 4.78 is 30.6. The molecule has 4 rings (SSSR count). The third kappa shape index (κ3) is 6.54. The van der Waals surface area contributed by atoms with Crippen LogP contribution in [-0.4, -0.2) is 50.9 Å². The summed E-state index contributed by atoms with van der Waals surface area (Å²) in [6.45, 7) is 1.05. The summed E-state index contributed by atoms with van der Waals surface area (Å²) in [7, 11) is 0. The van der Waals surface area contributed by atoms with E-state index in [0.29, 0.717) is 0 Å². The van der Waals surface area contributed by atoms with Crippen molar-refractivity contribution in [3.05, 3.63) is 59.7 Å². The zero-order valence-corrected chi connectivity index (χ0v) is 17.7. The van der Waals surface area contributed by atoms with Crippen molar-refractivity contribution in [2.75, 3.05) is 26.4 Å². The topological polar surface area (TPSA) is 89.5 Å². The number of carbonyl (C=O) groups is 2. The predicted octanol–water partition coefficient (Wildman–Crippen LogP) is 4.08. The third-order valence-corrected chi connectivity index (χ3v) is 5.20. The molecule has 0 radical (unpaired) electrons. The van der Waals surface area contributed by atoms with Crippen LogP contribution in [0.15, 0.2) is 48.5 Å². The Morgan fingerprint density at radius 3 is 1.41 bits per heavy atom. The van der Waals surface area contributed by atoms with Crippen molar-refractivity contribution in [2.45, 2.75) is 37.9 Å². The molecule has 2 aromatic rings. The van der Waals surface area contributed by atoms with Gasteiger partial charge in [-0.3, -0.25) is 0 Å². The minimum absolute atomic E-state index is 0.236. The average molecular weight is 442 g/mol. The van der Waals surface area contributed by atoms with Crippen molar-refractivity contribution < 1.29 is 38.0 Å². The van der Waals surface area contributed by atoms with Crippen LogP contribution in [0.2, 0.25) is 0 Å². The summed E-state index contributed by atoms with van der Waals surface area (Å²) in [5.41, 5.74) is 2.52. The normalized spacial score (nSPS) is 19.6. The van der Waals surface area contributed by atoms with Gasteiger partial charge in [0, 0.05) is 0 Å². The van der Waals surface area contributed by atoms with E-state index in [1.807, 2.05) is 24.3 Å². The number of benzene rings is 2. The Morgan fingerprint density at radius 2 is 1.06 bits per heavy atom. The highest BCUT2D eigenvalue weighted by Crippen LogP contribution is 2.18. The van der Waals surface area contributed by atoms with Crippen LogP contribution in [-0.2, 0) is 31.8 Å². The Kier molecular flexibility index (Phi) is 7.32.